The second kappa shape index (κ2) is 7.60. The molecule has 0 radical (unpaired) electrons. The average Bonchev–Trinajstić information content (AvgIpc) is 3.30. The Balaban J connectivity index is 0.00000196. The molecule has 1 aliphatic rings. The summed E-state index contributed by atoms with van der Waals surface area (Å²) in [5, 5.41) is 12.0. The van der Waals surface area contributed by atoms with E-state index in [9.17, 15) is 9.18 Å². The number of thioether (sulfide) groups is 1. The fourth-order valence-corrected chi connectivity index (χ4v) is 3.74. The van der Waals surface area contributed by atoms with Crippen LogP contribution in [0, 0.1) is 5.82 Å². The second-order valence-corrected chi connectivity index (χ2v) is 6.68. The van der Waals surface area contributed by atoms with Crippen molar-refractivity contribution in [3.8, 4) is 11.5 Å². The third-order valence-corrected chi connectivity index (χ3v) is 5.11. The Morgan fingerprint density at radius 3 is 3.00 bits per heavy atom. The van der Waals surface area contributed by atoms with E-state index >= 15 is 0 Å². The predicted molar refractivity (Wildman–Crippen MR) is 93.9 cm³/mol. The van der Waals surface area contributed by atoms with Gasteiger partial charge in [-0.1, -0.05) is 23.0 Å². The number of hydrogen-bond donors (Lipinski definition) is 1. The lowest BCUT2D eigenvalue weighted by molar-refractivity contribution is 0.299. The molecule has 8 nitrogen and oxygen atoms in total. The fraction of sp³-hybridized carbons (Fsp3) is 0.333. The number of fused-ring (bicyclic) bond motifs is 1. The van der Waals surface area contributed by atoms with Crippen molar-refractivity contribution in [1.82, 2.24) is 20.0 Å². The Labute approximate surface area is 157 Å². The van der Waals surface area contributed by atoms with Crippen molar-refractivity contribution in [2.24, 2.45) is 5.73 Å². The zero-order valence-electron chi connectivity index (χ0n) is 13.4. The molecular weight excluding hydrogens is 385 g/mol. The highest BCUT2D eigenvalue weighted by Gasteiger charge is 2.31. The number of rotatable bonds is 5. The highest BCUT2D eigenvalue weighted by molar-refractivity contribution is 7.99. The summed E-state index contributed by atoms with van der Waals surface area (Å²) in [6, 6.07) is 4.23. The van der Waals surface area contributed by atoms with Crippen molar-refractivity contribution >= 4 is 24.2 Å². The van der Waals surface area contributed by atoms with Gasteiger partial charge in [-0.3, -0.25) is 4.52 Å². The van der Waals surface area contributed by atoms with Crippen LogP contribution in [0.25, 0.3) is 11.5 Å². The van der Waals surface area contributed by atoms with Crippen LogP contribution < -0.4 is 11.5 Å². The van der Waals surface area contributed by atoms with Gasteiger partial charge in [0, 0.05) is 12.3 Å². The summed E-state index contributed by atoms with van der Waals surface area (Å²) in [5.74, 6) is -0.150. The molecule has 1 aromatic carbocycles. The monoisotopic (exact) mass is 399 g/mol. The minimum Gasteiger partial charge on any atom is -0.330 e. The van der Waals surface area contributed by atoms with Crippen LogP contribution in [0.5, 0.6) is 0 Å². The molecule has 2 heterocycles. The minimum absolute atomic E-state index is 0. The molecule has 26 heavy (non-hydrogen) atoms. The van der Waals surface area contributed by atoms with Crippen molar-refractivity contribution < 1.29 is 13.5 Å². The summed E-state index contributed by atoms with van der Waals surface area (Å²) < 4.78 is 24.7. The van der Waals surface area contributed by atoms with Crippen LogP contribution in [0.4, 0.5) is 4.39 Å². The lowest BCUT2D eigenvalue weighted by Crippen LogP contribution is -2.21. The molecule has 0 saturated heterocycles. The van der Waals surface area contributed by atoms with Crippen LogP contribution >= 0.6 is 24.2 Å². The molecule has 1 aliphatic carbocycles. The highest BCUT2D eigenvalue weighted by atomic mass is 35.5. The summed E-state index contributed by atoms with van der Waals surface area (Å²) in [6.07, 6.45) is 1.38. The Bertz CT molecular complexity index is 972. The van der Waals surface area contributed by atoms with Gasteiger partial charge in [-0.15, -0.1) is 12.4 Å². The van der Waals surface area contributed by atoms with E-state index in [0.717, 1.165) is 17.5 Å². The molecule has 138 valence electrons. The van der Waals surface area contributed by atoms with Gasteiger partial charge >= 0.3 is 5.76 Å². The lowest BCUT2D eigenvalue weighted by atomic mass is 10.1. The van der Waals surface area contributed by atoms with Crippen molar-refractivity contribution in [3.05, 3.63) is 45.7 Å². The molecule has 3 aromatic rings. The van der Waals surface area contributed by atoms with E-state index in [1.165, 1.54) is 28.5 Å². The first-order valence-electron chi connectivity index (χ1n) is 7.71. The largest absolute Gasteiger partial charge is 0.442 e. The van der Waals surface area contributed by atoms with Crippen LogP contribution in [-0.2, 0) is 6.42 Å². The zero-order chi connectivity index (χ0) is 17.4. The van der Waals surface area contributed by atoms with Crippen LogP contribution in [0.1, 0.15) is 23.6 Å². The van der Waals surface area contributed by atoms with E-state index < -0.39 is 5.76 Å². The van der Waals surface area contributed by atoms with Crippen LogP contribution in [0.2, 0.25) is 0 Å². The van der Waals surface area contributed by atoms with Gasteiger partial charge in [0.05, 0.1) is 6.04 Å². The molecule has 0 bridgehead atoms. The SMILES string of the molecule is Cl.NCCSc1nonc1-c1noc(=O)n1[C@H]1CCc2ccc(F)cc21. The number of benzene rings is 1. The summed E-state index contributed by atoms with van der Waals surface area (Å²) in [4.78, 5) is 12.3. The minimum atomic E-state index is -0.630. The van der Waals surface area contributed by atoms with Crippen molar-refractivity contribution in [2.45, 2.75) is 23.9 Å². The van der Waals surface area contributed by atoms with Gasteiger partial charge in [0.25, 0.3) is 0 Å². The van der Waals surface area contributed by atoms with Gasteiger partial charge in [0.1, 0.15) is 5.82 Å². The molecule has 4 rings (SSSR count). The third kappa shape index (κ3) is 3.15. The quantitative estimate of drug-likeness (QED) is 0.648. The fourth-order valence-electron chi connectivity index (χ4n) is 3.08. The predicted octanol–water partition coefficient (Wildman–Crippen LogP) is 2.03. The summed E-state index contributed by atoms with van der Waals surface area (Å²) >= 11 is 1.35. The number of halogens is 2. The molecule has 0 saturated carbocycles. The maximum absolute atomic E-state index is 13.7. The normalized spacial score (nSPS) is 15.7. The number of aromatic nitrogens is 4. The van der Waals surface area contributed by atoms with Gasteiger partial charge in [-0.05, 0) is 46.4 Å². The van der Waals surface area contributed by atoms with E-state index in [-0.39, 0.29) is 30.1 Å². The smallest absolute Gasteiger partial charge is 0.330 e. The molecule has 2 N–H and O–H groups in total. The van der Waals surface area contributed by atoms with Crippen LogP contribution in [-0.4, -0.2) is 32.3 Å². The van der Waals surface area contributed by atoms with Crippen molar-refractivity contribution in [3.63, 3.8) is 0 Å². The van der Waals surface area contributed by atoms with Crippen LogP contribution in [0.3, 0.4) is 0 Å². The van der Waals surface area contributed by atoms with Gasteiger partial charge in [0.15, 0.2) is 10.7 Å². The maximum atomic E-state index is 13.7. The second-order valence-electron chi connectivity index (χ2n) is 5.59. The molecule has 0 aliphatic heterocycles. The average molecular weight is 400 g/mol. The van der Waals surface area contributed by atoms with Crippen molar-refractivity contribution in [2.75, 3.05) is 12.3 Å². The first-order valence-corrected chi connectivity index (χ1v) is 8.70. The summed E-state index contributed by atoms with van der Waals surface area (Å²) in [5.41, 5.74) is 7.57. The molecule has 0 amide bonds. The van der Waals surface area contributed by atoms with Gasteiger partial charge < -0.3 is 5.73 Å². The van der Waals surface area contributed by atoms with Crippen molar-refractivity contribution in [1.29, 1.82) is 0 Å². The first-order chi connectivity index (χ1) is 12.2. The summed E-state index contributed by atoms with van der Waals surface area (Å²) in [6.45, 7) is 0.456. The Morgan fingerprint density at radius 1 is 1.35 bits per heavy atom. The Kier molecular flexibility index (Phi) is 5.44. The Morgan fingerprint density at radius 2 is 2.19 bits per heavy atom. The van der Waals surface area contributed by atoms with E-state index in [0.29, 0.717) is 29.4 Å². The van der Waals surface area contributed by atoms with Crippen LogP contribution in [0.15, 0.2) is 37.2 Å². The molecule has 0 unspecified atom stereocenters. The standard InChI is InChI=1S/C15H14FN5O3S.ClH/c16-9-3-1-8-2-4-11(10(8)7-9)21-13(19-23-15(21)22)12-14(20-24-18-12)25-6-5-17;/h1,3,7,11H,2,4-6,17H2;1H/t11-;/m0./s1. The molecule has 0 spiro atoms. The molecule has 11 heteroatoms. The number of nitrogens with zero attached hydrogens (tertiary/aromatic N) is 4. The highest BCUT2D eigenvalue weighted by Crippen LogP contribution is 2.37. The van der Waals surface area contributed by atoms with E-state index in [1.54, 1.807) is 6.07 Å². The van der Waals surface area contributed by atoms with Gasteiger partial charge in [-0.2, -0.15) is 0 Å². The summed E-state index contributed by atoms with van der Waals surface area (Å²) in [7, 11) is 0. The Hall–Kier alpha value is -2.17. The topological polar surface area (TPSA) is 113 Å². The lowest BCUT2D eigenvalue weighted by Gasteiger charge is -2.13. The molecular formula is C15H15ClFN5O3S. The number of aryl methyl sites for hydroxylation is 1. The maximum Gasteiger partial charge on any atom is 0.442 e. The first kappa shape index (κ1) is 18.6. The van der Waals surface area contributed by atoms with E-state index in [1.807, 2.05) is 0 Å². The molecule has 1 atom stereocenters. The van der Waals surface area contributed by atoms with E-state index in [2.05, 4.69) is 15.5 Å². The molecule has 0 fully saturated rings. The molecule has 2 aromatic heterocycles. The third-order valence-electron chi connectivity index (χ3n) is 4.13. The van der Waals surface area contributed by atoms with Gasteiger partial charge in [0.2, 0.25) is 5.82 Å². The number of nitrogens with two attached hydrogens (primary N) is 1. The zero-order valence-corrected chi connectivity index (χ0v) is 15.1. The van der Waals surface area contributed by atoms with E-state index in [4.69, 9.17) is 14.9 Å². The van der Waals surface area contributed by atoms with Gasteiger partial charge in [-0.25, -0.2) is 18.4 Å². The number of hydrogen-bond acceptors (Lipinski definition) is 8.